The number of hydrogen-bond acceptors (Lipinski definition) is 7. The number of aromatic amines is 1. The Morgan fingerprint density at radius 1 is 0.927 bits per heavy atom. The maximum absolute atomic E-state index is 12.8. The van der Waals surface area contributed by atoms with Gasteiger partial charge in [-0.25, -0.2) is 13.4 Å². The lowest BCUT2D eigenvalue weighted by Gasteiger charge is -2.26. The number of morpholine rings is 1. The van der Waals surface area contributed by atoms with Crippen molar-refractivity contribution in [3.05, 3.63) is 95.9 Å². The van der Waals surface area contributed by atoms with Gasteiger partial charge in [0.05, 0.1) is 42.7 Å². The number of carbonyl (C=O) groups excluding carboxylic acids is 1. The van der Waals surface area contributed by atoms with E-state index in [0.717, 1.165) is 46.9 Å². The number of imidazole rings is 1. The molecule has 41 heavy (non-hydrogen) atoms. The van der Waals surface area contributed by atoms with Gasteiger partial charge in [-0.3, -0.25) is 9.69 Å². The van der Waals surface area contributed by atoms with Crippen molar-refractivity contribution in [3.8, 4) is 22.4 Å². The van der Waals surface area contributed by atoms with Crippen LogP contribution >= 0.6 is 0 Å². The molecule has 3 heterocycles. The Kier molecular flexibility index (Phi) is 7.97. The van der Waals surface area contributed by atoms with Crippen molar-refractivity contribution in [2.24, 2.45) is 0 Å². The molecule has 212 valence electrons. The molecular formula is C31H33N5O4S. The summed E-state index contributed by atoms with van der Waals surface area (Å²) >= 11 is 0. The molecular weight excluding hydrogens is 538 g/mol. The fourth-order valence-corrected chi connectivity index (χ4v) is 6.40. The third kappa shape index (κ3) is 6.74. The van der Waals surface area contributed by atoms with Gasteiger partial charge >= 0.3 is 0 Å². The van der Waals surface area contributed by atoms with Gasteiger partial charge in [0.2, 0.25) is 0 Å². The van der Waals surface area contributed by atoms with Crippen molar-refractivity contribution in [1.82, 2.24) is 20.2 Å². The number of ether oxygens (including phenoxy) is 1. The van der Waals surface area contributed by atoms with E-state index in [1.165, 1.54) is 0 Å². The maximum Gasteiger partial charge on any atom is 0.255 e. The van der Waals surface area contributed by atoms with Crippen LogP contribution in [-0.2, 0) is 21.1 Å². The molecule has 0 saturated carbocycles. The van der Waals surface area contributed by atoms with E-state index in [-0.39, 0.29) is 23.5 Å². The van der Waals surface area contributed by atoms with Gasteiger partial charge in [0.1, 0.15) is 5.82 Å². The maximum atomic E-state index is 12.8. The average Bonchev–Trinajstić information content (AvgIpc) is 3.50. The van der Waals surface area contributed by atoms with Gasteiger partial charge in [0, 0.05) is 37.4 Å². The second-order valence-corrected chi connectivity index (χ2v) is 12.8. The van der Waals surface area contributed by atoms with E-state index in [2.05, 4.69) is 49.8 Å². The number of sulfone groups is 1. The van der Waals surface area contributed by atoms with E-state index in [9.17, 15) is 13.2 Å². The number of nitrogens with zero attached hydrogens (tertiary/aromatic N) is 2. The molecule has 0 bridgehead atoms. The topological polar surface area (TPSA) is 116 Å². The number of hydrogen-bond donors (Lipinski definition) is 3. The van der Waals surface area contributed by atoms with Crippen LogP contribution in [0.4, 0.5) is 5.69 Å². The molecule has 9 nitrogen and oxygen atoms in total. The van der Waals surface area contributed by atoms with Crippen LogP contribution in [0.2, 0.25) is 0 Å². The third-order valence-electron chi connectivity index (χ3n) is 7.58. The number of H-pyrrole nitrogens is 1. The summed E-state index contributed by atoms with van der Waals surface area (Å²) in [4.78, 5) is 22.9. The molecule has 3 aromatic carbocycles. The first-order chi connectivity index (χ1) is 19.9. The standard InChI is InChI=1S/C31H33N5O4S/c37-31(34-27-11-1-22(2-12-27)20-36-14-17-41(38,39)18-15-36)26-9-5-24(6-10-26)23-3-7-25(8-4-23)28-19-33-30(35-28)29-21-40-16-13-32-29/h1-12,19,29,32H,13-18,20-21H2,(H,33,35)(H,34,37)/t29-/m0/s1. The van der Waals surface area contributed by atoms with Crippen LogP contribution in [0.1, 0.15) is 27.8 Å². The zero-order valence-corrected chi connectivity index (χ0v) is 23.5. The third-order valence-corrected chi connectivity index (χ3v) is 9.19. The Morgan fingerprint density at radius 2 is 1.59 bits per heavy atom. The van der Waals surface area contributed by atoms with Gasteiger partial charge < -0.3 is 20.4 Å². The molecule has 1 aromatic heterocycles. The molecule has 6 rings (SSSR count). The fourth-order valence-electron chi connectivity index (χ4n) is 5.12. The fraction of sp³-hybridized carbons (Fsp3) is 0.290. The highest BCUT2D eigenvalue weighted by Gasteiger charge is 2.21. The normalized spacial score (nSPS) is 19.1. The van der Waals surface area contributed by atoms with Crippen LogP contribution in [0.15, 0.2) is 79.0 Å². The molecule has 0 spiro atoms. The number of anilines is 1. The lowest BCUT2D eigenvalue weighted by Crippen LogP contribution is -2.39. The molecule has 2 aliphatic heterocycles. The van der Waals surface area contributed by atoms with E-state index in [4.69, 9.17) is 4.74 Å². The Morgan fingerprint density at radius 3 is 2.24 bits per heavy atom. The van der Waals surface area contributed by atoms with Crippen LogP contribution in [0.25, 0.3) is 22.4 Å². The first kappa shape index (κ1) is 27.3. The summed E-state index contributed by atoms with van der Waals surface area (Å²) < 4.78 is 28.8. The van der Waals surface area contributed by atoms with Gasteiger partial charge in [0.15, 0.2) is 9.84 Å². The SMILES string of the molecule is O=C(Nc1ccc(CN2CCS(=O)(=O)CC2)cc1)c1ccc(-c2ccc(-c3cnc([C@@H]4COCCN4)[nH]3)cc2)cc1. The Balaban J connectivity index is 1.04. The molecule has 3 N–H and O–H groups in total. The van der Waals surface area contributed by atoms with Gasteiger partial charge in [0.25, 0.3) is 5.91 Å². The van der Waals surface area contributed by atoms with Gasteiger partial charge in [-0.15, -0.1) is 0 Å². The molecule has 0 radical (unpaired) electrons. The minimum absolute atomic E-state index is 0.0845. The van der Waals surface area contributed by atoms with Crippen molar-refractivity contribution in [2.45, 2.75) is 12.6 Å². The number of amides is 1. The van der Waals surface area contributed by atoms with Crippen LogP contribution < -0.4 is 10.6 Å². The monoisotopic (exact) mass is 571 g/mol. The van der Waals surface area contributed by atoms with E-state index in [1.807, 2.05) is 54.7 Å². The van der Waals surface area contributed by atoms with E-state index < -0.39 is 9.84 Å². The van der Waals surface area contributed by atoms with E-state index in [0.29, 0.717) is 37.5 Å². The van der Waals surface area contributed by atoms with Gasteiger partial charge in [-0.2, -0.15) is 0 Å². The summed E-state index contributed by atoms with van der Waals surface area (Å²) in [5.41, 5.74) is 6.47. The quantitative estimate of drug-likeness (QED) is 0.308. The Bertz CT molecular complexity index is 1580. The highest BCUT2D eigenvalue weighted by Crippen LogP contribution is 2.26. The van der Waals surface area contributed by atoms with Crippen molar-refractivity contribution < 1.29 is 17.9 Å². The minimum atomic E-state index is -2.89. The number of rotatable bonds is 7. The Labute approximate surface area is 239 Å². The number of carbonyl (C=O) groups is 1. The molecule has 2 aliphatic rings. The highest BCUT2D eigenvalue weighted by molar-refractivity contribution is 7.91. The molecule has 0 aliphatic carbocycles. The molecule has 0 unspecified atom stereocenters. The minimum Gasteiger partial charge on any atom is -0.378 e. The number of nitrogens with one attached hydrogen (secondary N) is 3. The predicted octanol–water partition coefficient (Wildman–Crippen LogP) is 3.89. The van der Waals surface area contributed by atoms with Gasteiger partial charge in [-0.1, -0.05) is 48.5 Å². The summed E-state index contributed by atoms with van der Waals surface area (Å²) in [7, 11) is -2.89. The predicted molar refractivity (Wildman–Crippen MR) is 159 cm³/mol. The first-order valence-electron chi connectivity index (χ1n) is 13.8. The van der Waals surface area contributed by atoms with E-state index >= 15 is 0 Å². The molecule has 10 heteroatoms. The largest absolute Gasteiger partial charge is 0.378 e. The molecule has 2 saturated heterocycles. The van der Waals surface area contributed by atoms with Crippen molar-refractivity contribution >= 4 is 21.4 Å². The summed E-state index contributed by atoms with van der Waals surface area (Å²) in [6, 6.07) is 23.6. The van der Waals surface area contributed by atoms with Crippen molar-refractivity contribution in [1.29, 1.82) is 0 Å². The molecule has 1 amide bonds. The van der Waals surface area contributed by atoms with Crippen molar-refractivity contribution in [2.75, 3.05) is 49.7 Å². The van der Waals surface area contributed by atoms with Crippen LogP contribution in [0.3, 0.4) is 0 Å². The lowest BCUT2D eigenvalue weighted by atomic mass is 10.0. The second kappa shape index (κ2) is 12.0. The summed E-state index contributed by atoms with van der Waals surface area (Å²) in [5, 5.41) is 6.37. The smallest absolute Gasteiger partial charge is 0.255 e. The summed E-state index contributed by atoms with van der Waals surface area (Å²) in [6.45, 7) is 3.97. The van der Waals surface area contributed by atoms with Crippen LogP contribution in [0, 0.1) is 0 Å². The van der Waals surface area contributed by atoms with Crippen LogP contribution in [-0.4, -0.2) is 73.5 Å². The van der Waals surface area contributed by atoms with Crippen molar-refractivity contribution in [3.63, 3.8) is 0 Å². The van der Waals surface area contributed by atoms with Gasteiger partial charge in [-0.05, 0) is 46.5 Å². The summed E-state index contributed by atoms with van der Waals surface area (Å²) in [6.07, 6.45) is 1.85. The summed E-state index contributed by atoms with van der Waals surface area (Å²) in [5.74, 6) is 1.14. The Hall–Kier alpha value is -3.83. The average molecular weight is 572 g/mol. The zero-order chi connectivity index (χ0) is 28.2. The van der Waals surface area contributed by atoms with E-state index in [1.54, 1.807) is 0 Å². The molecule has 2 fully saturated rings. The molecule has 4 aromatic rings. The highest BCUT2D eigenvalue weighted by atomic mass is 32.2. The molecule has 1 atom stereocenters. The van der Waals surface area contributed by atoms with Crippen LogP contribution in [0.5, 0.6) is 0 Å². The zero-order valence-electron chi connectivity index (χ0n) is 22.7. The lowest BCUT2D eigenvalue weighted by molar-refractivity contribution is 0.0745. The first-order valence-corrected chi connectivity index (χ1v) is 15.6. The second-order valence-electron chi connectivity index (χ2n) is 10.5. The number of aromatic nitrogens is 2. The number of benzene rings is 3.